The summed E-state index contributed by atoms with van der Waals surface area (Å²) in [6, 6.07) is 4.26. The van der Waals surface area contributed by atoms with E-state index in [2.05, 4.69) is 45.4 Å². The SMILES string of the molecule is CCNC(=NCC(C)Cc1cccs1)NCCNC(C)=O. The van der Waals surface area contributed by atoms with Crippen LogP contribution in [-0.2, 0) is 11.2 Å². The number of thiophene rings is 1. The van der Waals surface area contributed by atoms with Crippen LogP contribution in [0.1, 0.15) is 25.6 Å². The number of nitrogens with one attached hydrogen (secondary N) is 3. The lowest BCUT2D eigenvalue weighted by Crippen LogP contribution is -2.41. The average molecular weight is 310 g/mol. The van der Waals surface area contributed by atoms with Crippen LogP contribution in [0.15, 0.2) is 22.5 Å². The first-order chi connectivity index (χ1) is 10.1. The fourth-order valence-electron chi connectivity index (χ4n) is 1.85. The number of carbonyl (C=O) groups is 1. The van der Waals surface area contributed by atoms with E-state index in [4.69, 9.17) is 0 Å². The van der Waals surface area contributed by atoms with E-state index in [0.29, 0.717) is 19.0 Å². The van der Waals surface area contributed by atoms with Crippen molar-refractivity contribution < 1.29 is 4.79 Å². The molecule has 0 aromatic carbocycles. The first-order valence-electron chi connectivity index (χ1n) is 7.40. The van der Waals surface area contributed by atoms with Crippen molar-refractivity contribution >= 4 is 23.2 Å². The molecule has 6 heteroatoms. The number of hydrogen-bond donors (Lipinski definition) is 3. The van der Waals surface area contributed by atoms with E-state index in [1.54, 1.807) is 11.3 Å². The zero-order valence-electron chi connectivity index (χ0n) is 13.1. The topological polar surface area (TPSA) is 65.5 Å². The van der Waals surface area contributed by atoms with E-state index in [1.807, 2.05) is 6.92 Å². The molecule has 1 atom stereocenters. The first kappa shape index (κ1) is 17.5. The number of carbonyl (C=O) groups excluding carboxylic acids is 1. The van der Waals surface area contributed by atoms with Gasteiger partial charge >= 0.3 is 0 Å². The van der Waals surface area contributed by atoms with Crippen LogP contribution in [0.3, 0.4) is 0 Å². The fraction of sp³-hybridized carbons (Fsp3) is 0.600. The predicted octanol–water partition coefficient (Wildman–Crippen LogP) is 1.62. The maximum Gasteiger partial charge on any atom is 0.216 e. The Labute approximate surface area is 131 Å². The summed E-state index contributed by atoms with van der Waals surface area (Å²) >= 11 is 1.80. The van der Waals surface area contributed by atoms with Crippen molar-refractivity contribution in [2.24, 2.45) is 10.9 Å². The second kappa shape index (κ2) is 10.2. The highest BCUT2D eigenvalue weighted by Crippen LogP contribution is 2.14. The minimum Gasteiger partial charge on any atom is -0.357 e. The molecule has 1 amide bonds. The summed E-state index contributed by atoms with van der Waals surface area (Å²) in [7, 11) is 0. The van der Waals surface area contributed by atoms with Gasteiger partial charge in [-0.15, -0.1) is 11.3 Å². The summed E-state index contributed by atoms with van der Waals surface area (Å²) in [5, 5.41) is 11.3. The minimum absolute atomic E-state index is 0.0108. The van der Waals surface area contributed by atoms with Gasteiger partial charge in [-0.1, -0.05) is 13.0 Å². The molecule has 1 rings (SSSR count). The molecular weight excluding hydrogens is 284 g/mol. The Morgan fingerprint density at radius 2 is 2.10 bits per heavy atom. The number of guanidine groups is 1. The van der Waals surface area contributed by atoms with Crippen LogP contribution in [0, 0.1) is 5.92 Å². The van der Waals surface area contributed by atoms with Gasteiger partial charge in [-0.3, -0.25) is 9.79 Å². The molecular formula is C15H26N4OS. The van der Waals surface area contributed by atoms with Crippen LogP contribution >= 0.6 is 11.3 Å². The number of aliphatic imine (C=N–C) groups is 1. The largest absolute Gasteiger partial charge is 0.357 e. The summed E-state index contributed by atoms with van der Waals surface area (Å²) in [6.45, 7) is 8.66. The van der Waals surface area contributed by atoms with Gasteiger partial charge in [0.15, 0.2) is 5.96 Å². The summed E-state index contributed by atoms with van der Waals surface area (Å²) in [6.07, 6.45) is 1.06. The molecule has 1 unspecified atom stereocenters. The Bertz CT molecular complexity index is 431. The van der Waals surface area contributed by atoms with Gasteiger partial charge in [0, 0.05) is 38.0 Å². The number of rotatable bonds is 8. The molecule has 0 aliphatic heterocycles. The molecule has 21 heavy (non-hydrogen) atoms. The van der Waals surface area contributed by atoms with Crippen molar-refractivity contribution in [1.82, 2.24) is 16.0 Å². The van der Waals surface area contributed by atoms with Gasteiger partial charge in [-0.25, -0.2) is 0 Å². The Hall–Kier alpha value is -1.56. The zero-order valence-corrected chi connectivity index (χ0v) is 13.9. The van der Waals surface area contributed by atoms with E-state index < -0.39 is 0 Å². The highest BCUT2D eigenvalue weighted by molar-refractivity contribution is 7.09. The average Bonchev–Trinajstić information content (AvgIpc) is 2.93. The predicted molar refractivity (Wildman–Crippen MR) is 89.9 cm³/mol. The number of hydrogen-bond acceptors (Lipinski definition) is 3. The van der Waals surface area contributed by atoms with Crippen molar-refractivity contribution in [3.63, 3.8) is 0 Å². The van der Waals surface area contributed by atoms with E-state index in [-0.39, 0.29) is 5.91 Å². The third-order valence-corrected chi connectivity index (χ3v) is 3.73. The highest BCUT2D eigenvalue weighted by Gasteiger charge is 2.05. The molecule has 5 nitrogen and oxygen atoms in total. The highest BCUT2D eigenvalue weighted by atomic mass is 32.1. The molecule has 1 heterocycles. The van der Waals surface area contributed by atoms with Crippen LogP contribution in [0.2, 0.25) is 0 Å². The number of nitrogens with zero attached hydrogens (tertiary/aromatic N) is 1. The van der Waals surface area contributed by atoms with Crippen LogP contribution < -0.4 is 16.0 Å². The first-order valence-corrected chi connectivity index (χ1v) is 8.28. The standard InChI is InChI=1S/C15H26N4OS/c1-4-16-15(18-8-7-17-13(3)20)19-11-12(2)10-14-6-5-9-21-14/h5-6,9,12H,4,7-8,10-11H2,1-3H3,(H,17,20)(H2,16,18,19). The Morgan fingerprint density at radius 3 is 2.71 bits per heavy atom. The van der Waals surface area contributed by atoms with E-state index in [9.17, 15) is 4.79 Å². The fourth-order valence-corrected chi connectivity index (χ4v) is 2.71. The third-order valence-electron chi connectivity index (χ3n) is 2.83. The molecule has 0 saturated carbocycles. The Kier molecular flexibility index (Phi) is 8.50. The normalized spacial score (nSPS) is 12.8. The second-order valence-corrected chi connectivity index (χ2v) is 6.05. The van der Waals surface area contributed by atoms with Crippen molar-refractivity contribution in [3.8, 4) is 0 Å². The minimum atomic E-state index is -0.0108. The molecule has 0 aliphatic rings. The van der Waals surface area contributed by atoms with Crippen molar-refractivity contribution in [2.75, 3.05) is 26.2 Å². The van der Waals surface area contributed by atoms with E-state index >= 15 is 0 Å². The van der Waals surface area contributed by atoms with Crippen LogP contribution in [0.25, 0.3) is 0 Å². The van der Waals surface area contributed by atoms with E-state index in [1.165, 1.54) is 11.8 Å². The number of amides is 1. The molecule has 1 aromatic rings. The molecule has 1 aromatic heterocycles. The summed E-state index contributed by atoms with van der Waals surface area (Å²) in [5.41, 5.74) is 0. The molecule has 0 aliphatic carbocycles. The third kappa shape index (κ3) is 8.34. The van der Waals surface area contributed by atoms with Gasteiger partial charge in [0.1, 0.15) is 0 Å². The molecule has 0 spiro atoms. The van der Waals surface area contributed by atoms with Gasteiger partial charge in [0.25, 0.3) is 0 Å². The molecule has 0 radical (unpaired) electrons. The summed E-state index contributed by atoms with van der Waals surface area (Å²) in [5.74, 6) is 1.30. The Morgan fingerprint density at radius 1 is 1.33 bits per heavy atom. The smallest absolute Gasteiger partial charge is 0.216 e. The van der Waals surface area contributed by atoms with Crippen molar-refractivity contribution in [1.29, 1.82) is 0 Å². The van der Waals surface area contributed by atoms with Gasteiger partial charge in [0.05, 0.1) is 0 Å². The Balaban J connectivity index is 2.34. The van der Waals surface area contributed by atoms with Gasteiger partial charge in [0.2, 0.25) is 5.91 Å². The quantitative estimate of drug-likeness (QED) is 0.388. The maximum absolute atomic E-state index is 10.8. The molecule has 118 valence electrons. The summed E-state index contributed by atoms with van der Waals surface area (Å²) < 4.78 is 0. The monoisotopic (exact) mass is 310 g/mol. The van der Waals surface area contributed by atoms with Gasteiger partial charge in [-0.2, -0.15) is 0 Å². The molecule has 3 N–H and O–H groups in total. The van der Waals surface area contributed by atoms with Gasteiger partial charge < -0.3 is 16.0 Å². The lowest BCUT2D eigenvalue weighted by Gasteiger charge is -2.13. The van der Waals surface area contributed by atoms with Crippen LogP contribution in [0.4, 0.5) is 0 Å². The lowest BCUT2D eigenvalue weighted by molar-refractivity contribution is -0.118. The van der Waals surface area contributed by atoms with Gasteiger partial charge in [-0.05, 0) is 30.7 Å². The molecule has 0 bridgehead atoms. The zero-order chi connectivity index (χ0) is 15.5. The molecule has 0 fully saturated rings. The van der Waals surface area contributed by atoms with Crippen LogP contribution in [0.5, 0.6) is 0 Å². The van der Waals surface area contributed by atoms with Crippen molar-refractivity contribution in [3.05, 3.63) is 22.4 Å². The van der Waals surface area contributed by atoms with Crippen LogP contribution in [-0.4, -0.2) is 38.0 Å². The lowest BCUT2D eigenvalue weighted by atomic mass is 10.1. The molecule has 0 saturated heterocycles. The second-order valence-electron chi connectivity index (χ2n) is 5.02. The van der Waals surface area contributed by atoms with E-state index in [0.717, 1.165) is 25.5 Å². The van der Waals surface area contributed by atoms with Crippen molar-refractivity contribution in [2.45, 2.75) is 27.2 Å². The summed E-state index contributed by atoms with van der Waals surface area (Å²) in [4.78, 5) is 16.8. The maximum atomic E-state index is 10.8.